The lowest BCUT2D eigenvalue weighted by atomic mass is 9.89. The summed E-state index contributed by atoms with van der Waals surface area (Å²) in [5, 5.41) is 13.2. The molecule has 2 fully saturated rings. The van der Waals surface area contributed by atoms with Gasteiger partial charge in [-0.25, -0.2) is 4.79 Å². The zero-order chi connectivity index (χ0) is 19.0. The van der Waals surface area contributed by atoms with E-state index in [4.69, 9.17) is 4.74 Å². The number of carbonyl (C=O) groups excluding carboxylic acids is 2. The molecule has 1 aromatic carbocycles. The number of morpholine rings is 1. The van der Waals surface area contributed by atoms with Gasteiger partial charge in [-0.1, -0.05) is 18.2 Å². The number of nitrogens with one attached hydrogen (secondary N) is 1. The van der Waals surface area contributed by atoms with Gasteiger partial charge in [0.2, 0.25) is 0 Å². The molecule has 2 saturated heterocycles. The average Bonchev–Trinajstić information content (AvgIpc) is 3.21. The molecule has 4 rings (SSSR count). The fourth-order valence-electron chi connectivity index (χ4n) is 4.29. The second-order valence-electron chi connectivity index (χ2n) is 7.87. The minimum Gasteiger partial charge on any atom is -0.390 e. The van der Waals surface area contributed by atoms with E-state index in [9.17, 15) is 14.7 Å². The Balaban J connectivity index is 1.46. The van der Waals surface area contributed by atoms with Crippen LogP contribution < -0.4 is 5.32 Å². The van der Waals surface area contributed by atoms with Gasteiger partial charge in [0, 0.05) is 19.6 Å². The molecule has 146 valence electrons. The van der Waals surface area contributed by atoms with Crippen molar-refractivity contribution in [2.24, 2.45) is 0 Å². The Morgan fingerprint density at radius 2 is 1.93 bits per heavy atom. The molecule has 1 aromatic rings. The molecule has 2 atom stereocenters. The van der Waals surface area contributed by atoms with E-state index in [1.807, 2.05) is 12.1 Å². The molecule has 7 heteroatoms. The topological polar surface area (TPSA) is 82.1 Å². The highest BCUT2D eigenvalue weighted by atomic mass is 16.5. The van der Waals surface area contributed by atoms with Crippen molar-refractivity contribution in [3.8, 4) is 0 Å². The van der Waals surface area contributed by atoms with E-state index in [1.54, 1.807) is 6.92 Å². The highest BCUT2D eigenvalue weighted by Crippen LogP contribution is 2.32. The number of hydrogen-bond acceptors (Lipinski definition) is 5. The number of nitrogens with zero attached hydrogens (tertiary/aromatic N) is 2. The third kappa shape index (κ3) is 3.47. The van der Waals surface area contributed by atoms with E-state index >= 15 is 0 Å². The summed E-state index contributed by atoms with van der Waals surface area (Å²) in [5.41, 5.74) is 2.33. The van der Waals surface area contributed by atoms with Crippen molar-refractivity contribution in [3.05, 3.63) is 34.9 Å². The lowest BCUT2D eigenvalue weighted by Crippen LogP contribution is -2.46. The van der Waals surface area contributed by atoms with Crippen molar-refractivity contribution < 1.29 is 19.4 Å². The number of rotatable bonds is 5. The van der Waals surface area contributed by atoms with Gasteiger partial charge in [-0.3, -0.25) is 14.6 Å². The van der Waals surface area contributed by atoms with Crippen LogP contribution in [0.2, 0.25) is 0 Å². The monoisotopic (exact) mass is 373 g/mol. The number of aryl methyl sites for hydroxylation is 2. The maximum Gasteiger partial charge on any atom is 0.325 e. The molecule has 7 nitrogen and oxygen atoms in total. The van der Waals surface area contributed by atoms with E-state index < -0.39 is 17.7 Å². The van der Waals surface area contributed by atoms with Crippen LogP contribution in [0.5, 0.6) is 0 Å². The Hall–Kier alpha value is -1.96. The van der Waals surface area contributed by atoms with Crippen molar-refractivity contribution in [2.75, 3.05) is 39.4 Å². The minimum absolute atomic E-state index is 0.00253. The molecule has 2 heterocycles. The summed E-state index contributed by atoms with van der Waals surface area (Å²) in [5.74, 6) is -0.300. The Bertz CT molecular complexity index is 747. The van der Waals surface area contributed by atoms with Gasteiger partial charge in [0.05, 0.1) is 25.9 Å². The van der Waals surface area contributed by atoms with E-state index in [0.717, 1.165) is 42.8 Å². The number of fused-ring (bicyclic) bond motifs is 1. The van der Waals surface area contributed by atoms with Crippen molar-refractivity contribution in [1.82, 2.24) is 15.1 Å². The summed E-state index contributed by atoms with van der Waals surface area (Å²) in [4.78, 5) is 28.8. The van der Waals surface area contributed by atoms with Crippen LogP contribution >= 0.6 is 0 Å². The van der Waals surface area contributed by atoms with Crippen LogP contribution in [0.1, 0.15) is 30.0 Å². The molecule has 0 aromatic heterocycles. The molecule has 3 amide bonds. The zero-order valence-electron chi connectivity index (χ0n) is 15.7. The standard InChI is InChI=1S/C20H27N3O4/c1-20(16-6-5-14-3-2-4-15(14)11-16)18(25)23(19(26)21-20)13-17(24)12-22-7-9-27-10-8-22/h5-6,11,17,24H,2-4,7-10,12-13H2,1H3,(H,21,26)/t17-,20+/m1/s1. The predicted octanol–water partition coefficient (Wildman–Crippen LogP) is 0.635. The van der Waals surface area contributed by atoms with Crippen molar-refractivity contribution in [1.29, 1.82) is 0 Å². The first kappa shape index (κ1) is 18.4. The van der Waals surface area contributed by atoms with Crippen LogP contribution in [0.15, 0.2) is 18.2 Å². The molecule has 2 N–H and O–H groups in total. The number of benzene rings is 1. The summed E-state index contributed by atoms with van der Waals surface area (Å²) in [7, 11) is 0. The van der Waals surface area contributed by atoms with Crippen molar-refractivity contribution >= 4 is 11.9 Å². The second kappa shape index (κ2) is 7.22. The number of imide groups is 1. The third-order valence-electron chi connectivity index (χ3n) is 5.92. The number of amides is 3. The van der Waals surface area contributed by atoms with E-state index in [1.165, 1.54) is 11.1 Å². The average molecular weight is 373 g/mol. The number of hydrogen-bond donors (Lipinski definition) is 2. The number of β-amino-alcohol motifs (C(OH)–C–C–N with tert-alkyl or cyclic N) is 1. The molecule has 1 aliphatic carbocycles. The SMILES string of the molecule is C[C@@]1(c2ccc3c(c2)CCC3)NC(=O)N(C[C@H](O)CN2CCOCC2)C1=O. The summed E-state index contributed by atoms with van der Waals surface area (Å²) in [6.07, 6.45) is 2.45. The number of carbonyl (C=O) groups is 2. The van der Waals surface area contributed by atoms with E-state index in [0.29, 0.717) is 19.8 Å². The first-order valence-electron chi connectivity index (χ1n) is 9.72. The molecule has 2 aliphatic heterocycles. The van der Waals surface area contributed by atoms with Gasteiger partial charge in [0.25, 0.3) is 5.91 Å². The third-order valence-corrected chi connectivity index (χ3v) is 5.92. The summed E-state index contributed by atoms with van der Waals surface area (Å²) in [6.45, 7) is 4.98. The molecule has 3 aliphatic rings. The van der Waals surface area contributed by atoms with Gasteiger partial charge in [-0.05, 0) is 42.9 Å². The lowest BCUT2D eigenvalue weighted by Gasteiger charge is -2.29. The quantitative estimate of drug-likeness (QED) is 0.740. The van der Waals surface area contributed by atoms with E-state index in [2.05, 4.69) is 16.3 Å². The maximum absolute atomic E-state index is 13.1. The first-order chi connectivity index (χ1) is 13.0. The molecule has 27 heavy (non-hydrogen) atoms. The Kier molecular flexibility index (Phi) is 4.92. The summed E-state index contributed by atoms with van der Waals surface area (Å²) in [6, 6.07) is 5.62. The molecule has 0 unspecified atom stereocenters. The Morgan fingerprint density at radius 1 is 1.19 bits per heavy atom. The largest absolute Gasteiger partial charge is 0.390 e. The number of aliphatic hydroxyl groups is 1. The number of aliphatic hydroxyl groups excluding tert-OH is 1. The van der Waals surface area contributed by atoms with E-state index in [-0.39, 0.29) is 12.5 Å². The predicted molar refractivity (Wildman–Crippen MR) is 99.3 cm³/mol. The first-order valence-corrected chi connectivity index (χ1v) is 9.72. The molecular weight excluding hydrogens is 346 g/mol. The summed E-state index contributed by atoms with van der Waals surface area (Å²) >= 11 is 0. The maximum atomic E-state index is 13.1. The Morgan fingerprint density at radius 3 is 2.70 bits per heavy atom. The van der Waals surface area contributed by atoms with Crippen LogP contribution in [0.4, 0.5) is 4.79 Å². The normalized spacial score (nSPS) is 27.0. The van der Waals surface area contributed by atoms with Gasteiger partial charge < -0.3 is 15.2 Å². The molecular formula is C20H27N3O4. The zero-order valence-corrected chi connectivity index (χ0v) is 15.7. The van der Waals surface area contributed by atoms with Crippen LogP contribution in [-0.4, -0.2) is 72.3 Å². The molecule has 0 radical (unpaired) electrons. The van der Waals surface area contributed by atoms with Gasteiger partial charge in [-0.15, -0.1) is 0 Å². The number of urea groups is 1. The smallest absolute Gasteiger partial charge is 0.325 e. The van der Waals surface area contributed by atoms with Crippen LogP contribution in [0, 0.1) is 0 Å². The van der Waals surface area contributed by atoms with Crippen LogP contribution in [0.25, 0.3) is 0 Å². The van der Waals surface area contributed by atoms with Crippen molar-refractivity contribution in [3.63, 3.8) is 0 Å². The number of ether oxygens (including phenoxy) is 1. The van der Waals surface area contributed by atoms with Gasteiger partial charge in [0.1, 0.15) is 5.54 Å². The summed E-state index contributed by atoms with van der Waals surface area (Å²) < 4.78 is 5.30. The molecule has 0 bridgehead atoms. The fourth-order valence-corrected chi connectivity index (χ4v) is 4.29. The molecule has 0 spiro atoms. The van der Waals surface area contributed by atoms with Gasteiger partial charge in [0.15, 0.2) is 0 Å². The van der Waals surface area contributed by atoms with Crippen LogP contribution in [0.3, 0.4) is 0 Å². The van der Waals surface area contributed by atoms with Crippen molar-refractivity contribution in [2.45, 2.75) is 37.8 Å². The fraction of sp³-hybridized carbons (Fsp3) is 0.600. The lowest BCUT2D eigenvalue weighted by molar-refractivity contribution is -0.132. The Labute approximate surface area is 159 Å². The van der Waals surface area contributed by atoms with Gasteiger partial charge >= 0.3 is 6.03 Å². The molecule has 0 saturated carbocycles. The van der Waals surface area contributed by atoms with Crippen LogP contribution in [-0.2, 0) is 27.9 Å². The van der Waals surface area contributed by atoms with Gasteiger partial charge in [-0.2, -0.15) is 0 Å². The minimum atomic E-state index is -1.08. The highest BCUT2D eigenvalue weighted by Gasteiger charge is 2.49. The second-order valence-corrected chi connectivity index (χ2v) is 7.87. The highest BCUT2D eigenvalue weighted by molar-refractivity contribution is 6.07.